The molecular weight excluding hydrogens is 158 g/mol. The summed E-state index contributed by atoms with van der Waals surface area (Å²) in [5.74, 6) is 4.72. The van der Waals surface area contributed by atoms with Gasteiger partial charge in [0.05, 0.1) is 12.5 Å². The normalized spacial score (nSPS) is 12.5. The van der Waals surface area contributed by atoms with Crippen molar-refractivity contribution in [2.75, 3.05) is 0 Å². The molecule has 0 aromatic carbocycles. The van der Waals surface area contributed by atoms with Gasteiger partial charge in [0.2, 0.25) is 5.91 Å². The van der Waals surface area contributed by atoms with Gasteiger partial charge in [0.15, 0.2) is 0 Å². The molecule has 6 heteroatoms. The zero-order chi connectivity index (χ0) is 8.97. The van der Waals surface area contributed by atoms with Crippen molar-refractivity contribution in [3.05, 3.63) is 12.7 Å². The SMILES string of the molecule is C[C@H](CC(=O)NN)n1cncn1. The molecule has 6 nitrogen and oxygen atoms in total. The molecule has 1 aromatic rings. The van der Waals surface area contributed by atoms with Crippen molar-refractivity contribution in [1.29, 1.82) is 0 Å². The van der Waals surface area contributed by atoms with E-state index in [-0.39, 0.29) is 11.9 Å². The average molecular weight is 169 g/mol. The Morgan fingerprint density at radius 1 is 1.83 bits per heavy atom. The molecule has 0 spiro atoms. The third-order valence-corrected chi connectivity index (χ3v) is 1.53. The van der Waals surface area contributed by atoms with Crippen molar-refractivity contribution >= 4 is 5.91 Å². The molecule has 0 aliphatic rings. The van der Waals surface area contributed by atoms with Crippen molar-refractivity contribution < 1.29 is 4.79 Å². The van der Waals surface area contributed by atoms with Crippen LogP contribution in [0.4, 0.5) is 0 Å². The number of rotatable bonds is 3. The summed E-state index contributed by atoms with van der Waals surface area (Å²) in [6, 6.07) is -0.0175. The van der Waals surface area contributed by atoms with Crippen molar-refractivity contribution in [2.24, 2.45) is 5.84 Å². The van der Waals surface area contributed by atoms with Crippen LogP contribution in [0.2, 0.25) is 0 Å². The fourth-order valence-electron chi connectivity index (χ4n) is 0.866. The number of hydrogen-bond acceptors (Lipinski definition) is 4. The maximum atomic E-state index is 10.8. The van der Waals surface area contributed by atoms with Gasteiger partial charge in [0.25, 0.3) is 0 Å². The Bertz CT molecular complexity index is 244. The van der Waals surface area contributed by atoms with Crippen LogP contribution in [0.25, 0.3) is 0 Å². The summed E-state index contributed by atoms with van der Waals surface area (Å²) >= 11 is 0. The van der Waals surface area contributed by atoms with Gasteiger partial charge in [-0.05, 0) is 6.92 Å². The smallest absolute Gasteiger partial charge is 0.236 e. The largest absolute Gasteiger partial charge is 0.294 e. The molecule has 0 bridgehead atoms. The summed E-state index contributed by atoms with van der Waals surface area (Å²) in [5.41, 5.74) is 2.06. The van der Waals surface area contributed by atoms with Crippen LogP contribution in [0, 0.1) is 0 Å². The van der Waals surface area contributed by atoms with E-state index in [4.69, 9.17) is 5.84 Å². The number of nitrogens with one attached hydrogen (secondary N) is 1. The lowest BCUT2D eigenvalue weighted by atomic mass is 10.2. The molecule has 0 unspecified atom stereocenters. The summed E-state index contributed by atoms with van der Waals surface area (Å²) in [4.78, 5) is 14.6. The molecule has 0 radical (unpaired) electrons. The number of nitrogens with zero attached hydrogens (tertiary/aromatic N) is 3. The van der Waals surface area contributed by atoms with Crippen LogP contribution in [0.15, 0.2) is 12.7 Å². The second-order valence-corrected chi connectivity index (χ2v) is 2.50. The third kappa shape index (κ3) is 2.03. The number of carbonyl (C=O) groups is 1. The fourth-order valence-corrected chi connectivity index (χ4v) is 0.866. The van der Waals surface area contributed by atoms with Crippen molar-refractivity contribution in [2.45, 2.75) is 19.4 Å². The number of aromatic nitrogens is 3. The monoisotopic (exact) mass is 169 g/mol. The number of amides is 1. The molecule has 12 heavy (non-hydrogen) atoms. The van der Waals surface area contributed by atoms with Crippen LogP contribution < -0.4 is 11.3 Å². The molecule has 0 fully saturated rings. The van der Waals surface area contributed by atoms with Crippen molar-refractivity contribution in [3.63, 3.8) is 0 Å². The van der Waals surface area contributed by atoms with Gasteiger partial charge in [0, 0.05) is 0 Å². The van der Waals surface area contributed by atoms with Gasteiger partial charge in [-0.15, -0.1) is 0 Å². The molecule has 1 heterocycles. The van der Waals surface area contributed by atoms with Crippen molar-refractivity contribution in [3.8, 4) is 0 Å². The topological polar surface area (TPSA) is 85.8 Å². The molecule has 0 saturated carbocycles. The first kappa shape index (κ1) is 8.66. The van der Waals surface area contributed by atoms with E-state index in [0.717, 1.165) is 0 Å². The summed E-state index contributed by atoms with van der Waals surface area (Å²) in [6.07, 6.45) is 3.30. The zero-order valence-corrected chi connectivity index (χ0v) is 6.77. The van der Waals surface area contributed by atoms with E-state index in [0.29, 0.717) is 6.42 Å². The molecule has 1 rings (SSSR count). The minimum atomic E-state index is -0.210. The van der Waals surface area contributed by atoms with Crippen LogP contribution in [-0.4, -0.2) is 20.7 Å². The summed E-state index contributed by atoms with van der Waals surface area (Å²) in [6.45, 7) is 1.86. The minimum absolute atomic E-state index is 0.0175. The highest BCUT2D eigenvalue weighted by Gasteiger charge is 2.09. The van der Waals surface area contributed by atoms with Gasteiger partial charge in [-0.3, -0.25) is 10.2 Å². The summed E-state index contributed by atoms with van der Waals surface area (Å²) in [5, 5.41) is 3.89. The van der Waals surface area contributed by atoms with E-state index < -0.39 is 0 Å². The van der Waals surface area contributed by atoms with E-state index >= 15 is 0 Å². The minimum Gasteiger partial charge on any atom is -0.294 e. The van der Waals surface area contributed by atoms with Crippen LogP contribution >= 0.6 is 0 Å². The molecule has 1 aromatic heterocycles. The average Bonchev–Trinajstić information content (AvgIpc) is 2.56. The molecule has 0 aliphatic heterocycles. The highest BCUT2D eigenvalue weighted by atomic mass is 16.2. The Kier molecular flexibility index (Phi) is 2.76. The van der Waals surface area contributed by atoms with Gasteiger partial charge in [-0.1, -0.05) is 0 Å². The summed E-state index contributed by atoms with van der Waals surface area (Å²) in [7, 11) is 0. The number of hydrazine groups is 1. The van der Waals surface area contributed by atoms with Gasteiger partial charge in [0.1, 0.15) is 12.7 Å². The van der Waals surface area contributed by atoms with Crippen LogP contribution in [-0.2, 0) is 4.79 Å². The Morgan fingerprint density at radius 2 is 2.58 bits per heavy atom. The first-order valence-electron chi connectivity index (χ1n) is 3.57. The van der Waals surface area contributed by atoms with Crippen LogP contribution in [0.3, 0.4) is 0 Å². The number of hydrogen-bond donors (Lipinski definition) is 2. The maximum Gasteiger partial charge on any atom is 0.236 e. The van der Waals surface area contributed by atoms with Gasteiger partial charge < -0.3 is 0 Å². The molecule has 1 atom stereocenters. The zero-order valence-electron chi connectivity index (χ0n) is 6.77. The van der Waals surface area contributed by atoms with Gasteiger partial charge in [-0.25, -0.2) is 15.5 Å². The molecular formula is C6H11N5O. The van der Waals surface area contributed by atoms with Crippen molar-refractivity contribution in [1.82, 2.24) is 20.2 Å². The van der Waals surface area contributed by atoms with Crippen LogP contribution in [0.5, 0.6) is 0 Å². The highest BCUT2D eigenvalue weighted by molar-refractivity contribution is 5.75. The lowest BCUT2D eigenvalue weighted by Gasteiger charge is -2.08. The first-order valence-corrected chi connectivity index (χ1v) is 3.57. The van der Waals surface area contributed by atoms with Gasteiger partial charge in [-0.2, -0.15) is 5.10 Å². The second kappa shape index (κ2) is 3.82. The Balaban J connectivity index is 2.49. The number of carbonyl (C=O) groups excluding carboxylic acids is 1. The van der Waals surface area contributed by atoms with E-state index in [1.54, 1.807) is 11.0 Å². The van der Waals surface area contributed by atoms with Crippen LogP contribution in [0.1, 0.15) is 19.4 Å². The first-order chi connectivity index (χ1) is 5.74. The lowest BCUT2D eigenvalue weighted by Crippen LogP contribution is -2.31. The standard InChI is InChI=1S/C6H11N5O/c1-5(2-6(12)10-7)11-4-8-3-9-11/h3-5H,2,7H2,1H3,(H,10,12)/t5-/m1/s1. The second-order valence-electron chi connectivity index (χ2n) is 2.50. The van der Waals surface area contributed by atoms with Gasteiger partial charge >= 0.3 is 0 Å². The van der Waals surface area contributed by atoms with E-state index in [9.17, 15) is 4.79 Å². The quantitative estimate of drug-likeness (QED) is 0.353. The molecule has 0 saturated heterocycles. The molecule has 0 aliphatic carbocycles. The molecule has 66 valence electrons. The summed E-state index contributed by atoms with van der Waals surface area (Å²) < 4.78 is 1.61. The maximum absolute atomic E-state index is 10.8. The predicted molar refractivity (Wildman–Crippen MR) is 41.7 cm³/mol. The predicted octanol–water partition coefficient (Wildman–Crippen LogP) is -0.781. The van der Waals surface area contributed by atoms with E-state index in [1.165, 1.54) is 6.33 Å². The fraction of sp³-hybridized carbons (Fsp3) is 0.500. The molecule has 3 N–H and O–H groups in total. The Labute approximate surface area is 69.7 Å². The third-order valence-electron chi connectivity index (χ3n) is 1.53. The molecule has 1 amide bonds. The lowest BCUT2D eigenvalue weighted by molar-refractivity contribution is -0.121. The van der Waals surface area contributed by atoms with E-state index in [2.05, 4.69) is 15.5 Å². The highest BCUT2D eigenvalue weighted by Crippen LogP contribution is 2.06. The number of nitrogens with two attached hydrogens (primary N) is 1. The Morgan fingerprint density at radius 3 is 3.08 bits per heavy atom. The van der Waals surface area contributed by atoms with E-state index in [1.807, 2.05) is 6.92 Å². The Hall–Kier alpha value is -1.43.